The van der Waals surface area contributed by atoms with Crippen LogP contribution in [0.2, 0.25) is 0 Å². The zero-order chi connectivity index (χ0) is 10.5. The zero-order valence-electron chi connectivity index (χ0n) is 8.85. The highest BCUT2D eigenvalue weighted by molar-refractivity contribution is 5.26. The van der Waals surface area contributed by atoms with Crippen LogP contribution in [0.15, 0.2) is 25.0 Å². The maximum atomic E-state index is 5.36. The van der Waals surface area contributed by atoms with Gasteiger partial charge in [0.1, 0.15) is 0 Å². The van der Waals surface area contributed by atoms with E-state index in [2.05, 4.69) is 21.4 Å². The normalized spacial score (nSPS) is 20.4. The third-order valence-electron chi connectivity index (χ3n) is 2.60. The minimum atomic E-state index is 0.628. The highest BCUT2D eigenvalue weighted by atomic mass is 16.5. The third kappa shape index (κ3) is 2.59. The van der Waals surface area contributed by atoms with E-state index in [4.69, 9.17) is 4.74 Å². The van der Waals surface area contributed by atoms with Gasteiger partial charge in [0.05, 0.1) is 6.61 Å². The van der Waals surface area contributed by atoms with E-state index >= 15 is 0 Å². The number of aromatic nitrogens is 2. The van der Waals surface area contributed by atoms with Crippen LogP contribution in [-0.2, 0) is 11.3 Å². The second kappa shape index (κ2) is 4.98. The summed E-state index contributed by atoms with van der Waals surface area (Å²) < 4.78 is 7.50. The van der Waals surface area contributed by atoms with Crippen LogP contribution in [0.25, 0.3) is 0 Å². The van der Waals surface area contributed by atoms with Gasteiger partial charge in [-0.05, 0) is 6.42 Å². The van der Waals surface area contributed by atoms with Gasteiger partial charge in [-0.3, -0.25) is 0 Å². The molecule has 0 saturated carbocycles. The van der Waals surface area contributed by atoms with Crippen molar-refractivity contribution < 1.29 is 4.74 Å². The van der Waals surface area contributed by atoms with E-state index in [9.17, 15) is 0 Å². The number of hydrogen-bond acceptors (Lipinski definition) is 3. The van der Waals surface area contributed by atoms with E-state index in [-0.39, 0.29) is 0 Å². The molecule has 15 heavy (non-hydrogen) atoms. The van der Waals surface area contributed by atoms with Crippen molar-refractivity contribution >= 4 is 5.95 Å². The van der Waals surface area contributed by atoms with Gasteiger partial charge in [0, 0.05) is 38.0 Å². The Hall–Kier alpha value is -1.29. The molecule has 0 aliphatic carbocycles. The molecular weight excluding hydrogens is 190 g/mol. The van der Waals surface area contributed by atoms with Crippen molar-refractivity contribution in [3.8, 4) is 0 Å². The molecule has 1 fully saturated rings. The van der Waals surface area contributed by atoms with Gasteiger partial charge in [0.25, 0.3) is 0 Å². The fourth-order valence-electron chi connectivity index (χ4n) is 1.79. The van der Waals surface area contributed by atoms with Crippen molar-refractivity contribution in [2.75, 3.05) is 25.1 Å². The van der Waals surface area contributed by atoms with Crippen LogP contribution in [0.1, 0.15) is 6.42 Å². The van der Waals surface area contributed by atoms with E-state index in [1.54, 1.807) is 0 Å². The summed E-state index contributed by atoms with van der Waals surface area (Å²) in [7, 11) is 0. The maximum absolute atomic E-state index is 5.36. The van der Waals surface area contributed by atoms with Gasteiger partial charge < -0.3 is 14.6 Å². The van der Waals surface area contributed by atoms with Gasteiger partial charge in [-0.25, -0.2) is 4.98 Å². The topological polar surface area (TPSA) is 39.1 Å². The molecule has 1 N–H and O–H groups in total. The Morgan fingerprint density at radius 3 is 3.40 bits per heavy atom. The fraction of sp³-hybridized carbons (Fsp3) is 0.545. The average molecular weight is 207 g/mol. The highest BCUT2D eigenvalue weighted by Gasteiger charge is 2.17. The number of ether oxygens (including phenoxy) is 1. The van der Waals surface area contributed by atoms with Crippen molar-refractivity contribution in [3.63, 3.8) is 0 Å². The van der Waals surface area contributed by atoms with Gasteiger partial charge in [-0.15, -0.1) is 6.58 Å². The van der Waals surface area contributed by atoms with E-state index in [1.807, 2.05) is 18.5 Å². The van der Waals surface area contributed by atoms with Crippen LogP contribution in [0.5, 0.6) is 0 Å². The smallest absolute Gasteiger partial charge is 0.203 e. The van der Waals surface area contributed by atoms with Crippen molar-refractivity contribution in [1.82, 2.24) is 9.55 Å². The SMILES string of the molecule is C=CCNc1nccn1CC1CCOC1. The minimum Gasteiger partial charge on any atom is -0.381 e. The number of imidazole rings is 1. The first-order valence-corrected chi connectivity index (χ1v) is 5.34. The number of hydrogen-bond donors (Lipinski definition) is 1. The Morgan fingerprint density at radius 1 is 1.73 bits per heavy atom. The second-order valence-electron chi connectivity index (χ2n) is 3.80. The molecule has 4 nitrogen and oxygen atoms in total. The molecule has 1 saturated heterocycles. The van der Waals surface area contributed by atoms with E-state index in [1.165, 1.54) is 0 Å². The van der Waals surface area contributed by atoms with E-state index in [0.29, 0.717) is 5.92 Å². The van der Waals surface area contributed by atoms with Crippen LogP contribution in [0.3, 0.4) is 0 Å². The van der Waals surface area contributed by atoms with Crippen LogP contribution in [0.4, 0.5) is 5.95 Å². The molecule has 0 spiro atoms. The summed E-state index contributed by atoms with van der Waals surface area (Å²) in [6, 6.07) is 0. The summed E-state index contributed by atoms with van der Waals surface area (Å²) in [6.07, 6.45) is 6.81. The summed E-state index contributed by atoms with van der Waals surface area (Å²) in [5.74, 6) is 1.55. The van der Waals surface area contributed by atoms with Crippen molar-refractivity contribution in [2.24, 2.45) is 5.92 Å². The first-order valence-electron chi connectivity index (χ1n) is 5.34. The Balaban J connectivity index is 1.94. The second-order valence-corrected chi connectivity index (χ2v) is 3.80. The fourth-order valence-corrected chi connectivity index (χ4v) is 1.79. The molecule has 0 bridgehead atoms. The first-order chi connectivity index (χ1) is 7.40. The lowest BCUT2D eigenvalue weighted by Gasteiger charge is -2.12. The Kier molecular flexibility index (Phi) is 3.40. The molecule has 2 rings (SSSR count). The Labute approximate surface area is 90.0 Å². The van der Waals surface area contributed by atoms with Crippen LogP contribution >= 0.6 is 0 Å². The van der Waals surface area contributed by atoms with Crippen molar-refractivity contribution in [3.05, 3.63) is 25.0 Å². The summed E-state index contributed by atoms with van der Waals surface area (Å²) in [4.78, 5) is 4.26. The molecule has 0 aromatic carbocycles. The summed E-state index contributed by atoms with van der Waals surface area (Å²) in [5.41, 5.74) is 0. The van der Waals surface area contributed by atoms with E-state index < -0.39 is 0 Å². The predicted octanol–water partition coefficient (Wildman–Crippen LogP) is 1.52. The molecule has 0 amide bonds. The molecule has 1 aromatic heterocycles. The molecule has 0 radical (unpaired) electrons. The molecule has 82 valence electrons. The molecule has 1 atom stereocenters. The van der Waals surface area contributed by atoms with Gasteiger partial charge in [-0.1, -0.05) is 6.08 Å². The summed E-state index contributed by atoms with van der Waals surface area (Å²) in [5, 5.41) is 3.21. The van der Waals surface area contributed by atoms with E-state index in [0.717, 1.165) is 38.7 Å². The molecule has 4 heteroatoms. The molecule has 1 unspecified atom stereocenters. The Bertz CT molecular complexity index is 315. The first kappa shape index (κ1) is 10.2. The summed E-state index contributed by atoms with van der Waals surface area (Å²) >= 11 is 0. The maximum Gasteiger partial charge on any atom is 0.203 e. The van der Waals surface area contributed by atoms with Gasteiger partial charge in [0.15, 0.2) is 0 Å². The largest absolute Gasteiger partial charge is 0.381 e. The highest BCUT2D eigenvalue weighted by Crippen LogP contribution is 2.16. The molecule has 1 aliphatic heterocycles. The molecular formula is C11H17N3O. The van der Waals surface area contributed by atoms with Gasteiger partial charge in [0.2, 0.25) is 5.95 Å². The molecule has 1 aromatic rings. The number of rotatable bonds is 5. The lowest BCUT2D eigenvalue weighted by molar-refractivity contribution is 0.182. The van der Waals surface area contributed by atoms with Crippen molar-refractivity contribution in [2.45, 2.75) is 13.0 Å². The van der Waals surface area contributed by atoms with Crippen molar-refractivity contribution in [1.29, 1.82) is 0 Å². The van der Waals surface area contributed by atoms with Gasteiger partial charge >= 0.3 is 0 Å². The van der Waals surface area contributed by atoms with Crippen LogP contribution < -0.4 is 5.32 Å². The lowest BCUT2D eigenvalue weighted by atomic mass is 10.1. The summed E-state index contributed by atoms with van der Waals surface area (Å²) in [6.45, 7) is 7.18. The van der Waals surface area contributed by atoms with Gasteiger partial charge in [-0.2, -0.15) is 0 Å². The molecule has 1 aliphatic rings. The minimum absolute atomic E-state index is 0.628. The monoisotopic (exact) mass is 207 g/mol. The molecule has 2 heterocycles. The number of nitrogens with one attached hydrogen (secondary N) is 1. The van der Waals surface area contributed by atoms with Crippen LogP contribution in [-0.4, -0.2) is 29.3 Å². The predicted molar refractivity (Wildman–Crippen MR) is 59.8 cm³/mol. The quantitative estimate of drug-likeness (QED) is 0.744. The van der Waals surface area contributed by atoms with Crippen LogP contribution in [0, 0.1) is 5.92 Å². The number of anilines is 1. The average Bonchev–Trinajstić information content (AvgIpc) is 2.87. The Morgan fingerprint density at radius 2 is 2.67 bits per heavy atom. The third-order valence-corrected chi connectivity index (χ3v) is 2.60. The zero-order valence-corrected chi connectivity index (χ0v) is 8.85. The number of nitrogens with zero attached hydrogens (tertiary/aromatic N) is 2. The lowest BCUT2D eigenvalue weighted by Crippen LogP contribution is -2.13. The standard InChI is InChI=1S/C11H17N3O/c1-2-4-12-11-13-5-6-14(11)8-10-3-7-15-9-10/h2,5-6,10H,1,3-4,7-9H2,(H,12,13).